The summed E-state index contributed by atoms with van der Waals surface area (Å²) in [6.45, 7) is 2.99. The molecule has 1 N–H and O–H groups in total. The summed E-state index contributed by atoms with van der Waals surface area (Å²) >= 11 is 0. The highest BCUT2D eigenvalue weighted by molar-refractivity contribution is 5.97. The van der Waals surface area contributed by atoms with Gasteiger partial charge < -0.3 is 14.8 Å². The van der Waals surface area contributed by atoms with Crippen molar-refractivity contribution in [2.24, 2.45) is 0 Å². The summed E-state index contributed by atoms with van der Waals surface area (Å²) < 4.78 is 10.5. The Hall–Kier alpha value is -1.71. The molecular weight excluding hydrogens is 362 g/mol. The molecule has 29 heavy (non-hydrogen) atoms. The van der Waals surface area contributed by atoms with E-state index in [0.29, 0.717) is 23.6 Å². The monoisotopic (exact) mass is 405 g/mol. The molecule has 0 fully saturated rings. The Morgan fingerprint density at radius 1 is 0.759 bits per heavy atom. The van der Waals surface area contributed by atoms with Gasteiger partial charge in [0.25, 0.3) is 5.91 Å². The lowest BCUT2D eigenvalue weighted by atomic mass is 10.0. The Morgan fingerprint density at radius 2 is 1.28 bits per heavy atom. The topological polar surface area (TPSA) is 47.6 Å². The number of methoxy groups -OCH3 is 2. The number of hydrogen-bond donors (Lipinski definition) is 1. The number of carbonyl (C=O) groups is 1. The van der Waals surface area contributed by atoms with E-state index in [4.69, 9.17) is 9.47 Å². The maximum Gasteiger partial charge on any atom is 0.255 e. The highest BCUT2D eigenvalue weighted by atomic mass is 16.5. The SMILES string of the molecule is CCCCCCCCCCCCCCCCNC(=O)c1ccc(OC)cc1OC. The van der Waals surface area contributed by atoms with Crippen molar-refractivity contribution >= 4 is 5.91 Å². The third-order valence-corrected chi connectivity index (χ3v) is 5.47. The zero-order valence-corrected chi connectivity index (χ0v) is 19.1. The van der Waals surface area contributed by atoms with Crippen LogP contribution in [0, 0.1) is 0 Å². The van der Waals surface area contributed by atoms with Gasteiger partial charge in [-0.05, 0) is 18.6 Å². The van der Waals surface area contributed by atoms with Crippen LogP contribution < -0.4 is 14.8 Å². The van der Waals surface area contributed by atoms with Crippen LogP contribution in [0.3, 0.4) is 0 Å². The van der Waals surface area contributed by atoms with Crippen LogP contribution in [0.1, 0.15) is 107 Å². The van der Waals surface area contributed by atoms with E-state index in [9.17, 15) is 4.79 Å². The highest BCUT2D eigenvalue weighted by Crippen LogP contribution is 2.24. The molecule has 0 unspecified atom stereocenters. The van der Waals surface area contributed by atoms with E-state index in [1.165, 1.54) is 83.5 Å². The Morgan fingerprint density at radius 3 is 1.76 bits per heavy atom. The Kier molecular flexibility index (Phi) is 15.0. The van der Waals surface area contributed by atoms with Gasteiger partial charge >= 0.3 is 0 Å². The van der Waals surface area contributed by atoms with E-state index < -0.39 is 0 Å². The summed E-state index contributed by atoms with van der Waals surface area (Å²) in [7, 11) is 3.17. The molecule has 166 valence electrons. The number of nitrogens with one attached hydrogen (secondary N) is 1. The van der Waals surface area contributed by atoms with E-state index >= 15 is 0 Å². The van der Waals surface area contributed by atoms with Crippen molar-refractivity contribution < 1.29 is 14.3 Å². The number of benzene rings is 1. The van der Waals surface area contributed by atoms with E-state index in [-0.39, 0.29) is 5.91 Å². The van der Waals surface area contributed by atoms with Crippen LogP contribution in [0.15, 0.2) is 18.2 Å². The quantitative estimate of drug-likeness (QED) is 0.270. The molecule has 0 aromatic heterocycles. The van der Waals surface area contributed by atoms with Gasteiger partial charge in [0.1, 0.15) is 11.5 Å². The fraction of sp³-hybridized carbons (Fsp3) is 0.720. The van der Waals surface area contributed by atoms with Crippen molar-refractivity contribution in [3.8, 4) is 11.5 Å². The van der Waals surface area contributed by atoms with Gasteiger partial charge in [-0.15, -0.1) is 0 Å². The lowest BCUT2D eigenvalue weighted by molar-refractivity contribution is 0.0950. The third-order valence-electron chi connectivity index (χ3n) is 5.47. The number of unbranched alkanes of at least 4 members (excludes halogenated alkanes) is 13. The molecule has 4 nitrogen and oxygen atoms in total. The summed E-state index contributed by atoms with van der Waals surface area (Å²) in [4.78, 5) is 12.3. The molecule has 0 aliphatic heterocycles. The predicted octanol–water partition coefficient (Wildman–Crippen LogP) is 6.91. The summed E-state index contributed by atoms with van der Waals surface area (Å²) in [6.07, 6.45) is 18.8. The molecule has 0 radical (unpaired) electrons. The summed E-state index contributed by atoms with van der Waals surface area (Å²) in [5.74, 6) is 1.15. The minimum atomic E-state index is -0.0841. The first-order valence-electron chi connectivity index (χ1n) is 11.7. The van der Waals surface area contributed by atoms with Gasteiger partial charge in [0, 0.05) is 12.6 Å². The zero-order valence-electron chi connectivity index (χ0n) is 19.1. The van der Waals surface area contributed by atoms with Crippen LogP contribution in [-0.4, -0.2) is 26.7 Å². The predicted molar refractivity (Wildman–Crippen MR) is 122 cm³/mol. The number of amides is 1. The zero-order chi connectivity index (χ0) is 21.2. The molecule has 4 heteroatoms. The molecule has 0 bridgehead atoms. The van der Waals surface area contributed by atoms with Gasteiger partial charge in [0.15, 0.2) is 0 Å². The van der Waals surface area contributed by atoms with Crippen molar-refractivity contribution in [3.63, 3.8) is 0 Å². The second kappa shape index (κ2) is 17.2. The van der Waals surface area contributed by atoms with Crippen molar-refractivity contribution in [3.05, 3.63) is 23.8 Å². The second-order valence-corrected chi connectivity index (χ2v) is 7.92. The van der Waals surface area contributed by atoms with E-state index in [1.54, 1.807) is 32.4 Å². The van der Waals surface area contributed by atoms with Gasteiger partial charge in [-0.2, -0.15) is 0 Å². The molecule has 1 rings (SSSR count). The van der Waals surface area contributed by atoms with Crippen LogP contribution in [0.4, 0.5) is 0 Å². The van der Waals surface area contributed by atoms with Crippen LogP contribution in [0.25, 0.3) is 0 Å². The van der Waals surface area contributed by atoms with Crippen molar-refractivity contribution in [1.29, 1.82) is 0 Å². The standard InChI is InChI=1S/C25H43NO3/c1-4-5-6-7-8-9-10-11-12-13-14-15-16-17-20-26-25(27)23-19-18-22(28-2)21-24(23)29-3/h18-19,21H,4-17,20H2,1-3H3,(H,26,27). The number of ether oxygens (including phenoxy) is 2. The molecule has 0 aliphatic rings. The van der Waals surface area contributed by atoms with Gasteiger partial charge in [-0.1, -0.05) is 90.4 Å². The van der Waals surface area contributed by atoms with E-state index in [0.717, 1.165) is 6.42 Å². The normalized spacial score (nSPS) is 10.7. The Bertz CT molecular complexity index is 545. The van der Waals surface area contributed by atoms with E-state index in [2.05, 4.69) is 12.2 Å². The first kappa shape index (κ1) is 25.3. The maximum absolute atomic E-state index is 12.3. The fourth-order valence-electron chi connectivity index (χ4n) is 3.60. The largest absolute Gasteiger partial charge is 0.497 e. The summed E-state index contributed by atoms with van der Waals surface area (Å²) in [5, 5.41) is 2.99. The van der Waals surface area contributed by atoms with Crippen LogP contribution >= 0.6 is 0 Å². The van der Waals surface area contributed by atoms with Crippen LogP contribution in [0.5, 0.6) is 11.5 Å². The smallest absolute Gasteiger partial charge is 0.255 e. The highest BCUT2D eigenvalue weighted by Gasteiger charge is 2.12. The molecule has 0 aliphatic carbocycles. The molecule has 1 aromatic rings. The van der Waals surface area contributed by atoms with Gasteiger partial charge in [0.05, 0.1) is 19.8 Å². The molecule has 0 saturated carbocycles. The van der Waals surface area contributed by atoms with Crippen LogP contribution in [-0.2, 0) is 0 Å². The van der Waals surface area contributed by atoms with Crippen molar-refractivity contribution in [1.82, 2.24) is 5.32 Å². The molecule has 0 heterocycles. The molecule has 1 aromatic carbocycles. The molecule has 1 amide bonds. The average molecular weight is 406 g/mol. The van der Waals surface area contributed by atoms with Crippen molar-refractivity contribution in [2.75, 3.05) is 20.8 Å². The van der Waals surface area contributed by atoms with Gasteiger partial charge in [-0.3, -0.25) is 4.79 Å². The average Bonchev–Trinajstić information content (AvgIpc) is 2.75. The molecule has 0 saturated heterocycles. The Labute approximate surface area is 178 Å². The van der Waals surface area contributed by atoms with Crippen LogP contribution in [0.2, 0.25) is 0 Å². The lowest BCUT2D eigenvalue weighted by Crippen LogP contribution is -2.24. The van der Waals surface area contributed by atoms with Gasteiger partial charge in [-0.25, -0.2) is 0 Å². The Balaban J connectivity index is 1.97. The van der Waals surface area contributed by atoms with Gasteiger partial charge in [0.2, 0.25) is 0 Å². The molecule has 0 atom stereocenters. The maximum atomic E-state index is 12.3. The lowest BCUT2D eigenvalue weighted by Gasteiger charge is -2.10. The minimum Gasteiger partial charge on any atom is -0.497 e. The first-order valence-corrected chi connectivity index (χ1v) is 11.7. The minimum absolute atomic E-state index is 0.0841. The summed E-state index contributed by atoms with van der Waals surface area (Å²) in [5.41, 5.74) is 0.554. The molecule has 0 spiro atoms. The molecular formula is C25H43NO3. The number of hydrogen-bond acceptors (Lipinski definition) is 3. The number of rotatable bonds is 18. The fourth-order valence-corrected chi connectivity index (χ4v) is 3.60. The third kappa shape index (κ3) is 11.8. The summed E-state index contributed by atoms with van der Waals surface area (Å²) in [6, 6.07) is 5.27. The number of carbonyl (C=O) groups excluding carboxylic acids is 1. The first-order chi connectivity index (χ1) is 14.2. The second-order valence-electron chi connectivity index (χ2n) is 7.92. The van der Waals surface area contributed by atoms with E-state index in [1.807, 2.05) is 0 Å². The van der Waals surface area contributed by atoms with Crippen molar-refractivity contribution in [2.45, 2.75) is 96.8 Å².